The molecule has 1 amide bonds. The molecular formula is C24H15ClN2O3. The van der Waals surface area contributed by atoms with Gasteiger partial charge in [-0.05, 0) is 60.7 Å². The van der Waals surface area contributed by atoms with Crippen molar-refractivity contribution in [2.45, 2.75) is 0 Å². The molecule has 2 heterocycles. The van der Waals surface area contributed by atoms with E-state index in [-0.39, 0.29) is 11.7 Å². The number of amides is 1. The number of nitrogens with zero attached hydrogens (tertiary/aromatic N) is 1. The Morgan fingerprint density at radius 2 is 1.63 bits per heavy atom. The standard InChI is InChI=1S/C24H15ClN2O3/c25-17-7-6-15-12-16-13-22(30-24(16)27-21(15)14-17)23(28)26-18-8-10-20(11-9-18)29-19-4-2-1-3-5-19/h1-14H,(H,26,28). The number of pyridine rings is 1. The van der Waals surface area contributed by atoms with E-state index in [2.05, 4.69) is 10.3 Å². The number of rotatable bonds is 4. The highest BCUT2D eigenvalue weighted by atomic mass is 35.5. The molecule has 30 heavy (non-hydrogen) atoms. The number of hydrogen-bond acceptors (Lipinski definition) is 4. The van der Waals surface area contributed by atoms with Crippen LogP contribution in [0.25, 0.3) is 22.0 Å². The van der Waals surface area contributed by atoms with Gasteiger partial charge >= 0.3 is 0 Å². The predicted octanol–water partition coefficient (Wildman–Crippen LogP) is 6.68. The highest BCUT2D eigenvalue weighted by molar-refractivity contribution is 6.31. The second kappa shape index (κ2) is 7.54. The van der Waals surface area contributed by atoms with E-state index in [0.29, 0.717) is 27.7 Å². The molecule has 0 radical (unpaired) electrons. The van der Waals surface area contributed by atoms with Crippen molar-refractivity contribution in [3.63, 3.8) is 0 Å². The van der Waals surface area contributed by atoms with E-state index >= 15 is 0 Å². The third-order valence-electron chi connectivity index (χ3n) is 4.58. The van der Waals surface area contributed by atoms with Crippen molar-refractivity contribution in [3.05, 3.63) is 95.7 Å². The lowest BCUT2D eigenvalue weighted by Gasteiger charge is -2.07. The fourth-order valence-electron chi connectivity index (χ4n) is 3.13. The summed E-state index contributed by atoms with van der Waals surface area (Å²) in [5, 5.41) is 5.10. The summed E-state index contributed by atoms with van der Waals surface area (Å²) in [5.74, 6) is 1.26. The van der Waals surface area contributed by atoms with Crippen LogP contribution in [0.1, 0.15) is 10.6 Å². The number of ether oxygens (including phenoxy) is 1. The maximum absolute atomic E-state index is 12.6. The molecule has 5 nitrogen and oxygen atoms in total. The maximum Gasteiger partial charge on any atom is 0.291 e. The number of anilines is 1. The number of benzene rings is 3. The minimum atomic E-state index is -0.355. The normalized spacial score (nSPS) is 11.0. The zero-order valence-electron chi connectivity index (χ0n) is 15.6. The van der Waals surface area contributed by atoms with Gasteiger partial charge in [-0.15, -0.1) is 0 Å². The molecular weight excluding hydrogens is 400 g/mol. The number of halogens is 1. The van der Waals surface area contributed by atoms with Crippen molar-refractivity contribution < 1.29 is 13.9 Å². The van der Waals surface area contributed by atoms with Gasteiger partial charge in [-0.2, -0.15) is 0 Å². The first-order valence-electron chi connectivity index (χ1n) is 9.28. The van der Waals surface area contributed by atoms with Crippen LogP contribution in [0.5, 0.6) is 11.5 Å². The molecule has 0 aliphatic rings. The average Bonchev–Trinajstić information content (AvgIpc) is 3.17. The molecule has 2 aromatic heterocycles. The maximum atomic E-state index is 12.6. The molecule has 6 heteroatoms. The average molecular weight is 415 g/mol. The third-order valence-corrected chi connectivity index (χ3v) is 4.82. The van der Waals surface area contributed by atoms with E-state index in [9.17, 15) is 4.79 Å². The molecule has 0 aliphatic carbocycles. The van der Waals surface area contributed by atoms with Crippen molar-refractivity contribution in [1.29, 1.82) is 0 Å². The van der Waals surface area contributed by atoms with Crippen LogP contribution in [-0.2, 0) is 0 Å². The molecule has 0 saturated carbocycles. The van der Waals surface area contributed by atoms with Gasteiger partial charge in [0, 0.05) is 21.5 Å². The molecule has 1 N–H and O–H groups in total. The second-order valence-electron chi connectivity index (χ2n) is 6.72. The Morgan fingerprint density at radius 1 is 0.867 bits per heavy atom. The summed E-state index contributed by atoms with van der Waals surface area (Å²) in [6, 6.07) is 25.7. The number of fused-ring (bicyclic) bond motifs is 2. The molecule has 3 aromatic carbocycles. The van der Waals surface area contributed by atoms with Crippen LogP contribution >= 0.6 is 11.6 Å². The summed E-state index contributed by atoms with van der Waals surface area (Å²) in [7, 11) is 0. The Bertz CT molecular complexity index is 1360. The van der Waals surface area contributed by atoms with Crippen molar-refractivity contribution in [2.24, 2.45) is 0 Å². The van der Waals surface area contributed by atoms with Gasteiger partial charge in [0.1, 0.15) is 11.5 Å². The fraction of sp³-hybridized carbons (Fsp3) is 0. The van der Waals surface area contributed by atoms with Crippen LogP contribution in [-0.4, -0.2) is 10.9 Å². The molecule has 0 unspecified atom stereocenters. The number of carbonyl (C=O) groups is 1. The van der Waals surface area contributed by atoms with Crippen molar-refractivity contribution in [2.75, 3.05) is 5.32 Å². The zero-order valence-corrected chi connectivity index (χ0v) is 16.4. The number of carbonyl (C=O) groups excluding carboxylic acids is 1. The van der Waals surface area contributed by atoms with Gasteiger partial charge < -0.3 is 14.5 Å². The van der Waals surface area contributed by atoms with E-state index in [4.69, 9.17) is 20.8 Å². The molecule has 146 valence electrons. The first kappa shape index (κ1) is 18.2. The van der Waals surface area contributed by atoms with Gasteiger partial charge in [0.05, 0.1) is 5.52 Å². The molecule has 5 aromatic rings. The summed E-state index contributed by atoms with van der Waals surface area (Å²) in [5.41, 5.74) is 1.73. The van der Waals surface area contributed by atoms with Crippen LogP contribution in [0, 0.1) is 0 Å². The Balaban J connectivity index is 1.34. The number of aromatic nitrogens is 1. The van der Waals surface area contributed by atoms with Crippen LogP contribution in [0.2, 0.25) is 5.02 Å². The lowest BCUT2D eigenvalue weighted by Crippen LogP contribution is -2.10. The Hall–Kier alpha value is -3.83. The van der Waals surface area contributed by atoms with Gasteiger partial charge in [-0.25, -0.2) is 4.98 Å². The highest BCUT2D eigenvalue weighted by Gasteiger charge is 2.14. The summed E-state index contributed by atoms with van der Waals surface area (Å²) >= 11 is 6.03. The SMILES string of the molecule is O=C(Nc1ccc(Oc2ccccc2)cc1)c1cc2cc3ccc(Cl)cc3nc2o1. The molecule has 0 spiro atoms. The molecule has 0 bridgehead atoms. The van der Waals surface area contributed by atoms with Crippen molar-refractivity contribution >= 4 is 45.2 Å². The Kier molecular flexibility index (Phi) is 4.58. The Labute approximate surface area is 176 Å². The topological polar surface area (TPSA) is 64.4 Å². The molecule has 0 saturated heterocycles. The predicted molar refractivity (Wildman–Crippen MR) is 117 cm³/mol. The van der Waals surface area contributed by atoms with E-state index < -0.39 is 0 Å². The van der Waals surface area contributed by atoms with Gasteiger partial charge in [0.15, 0.2) is 5.76 Å². The Morgan fingerprint density at radius 3 is 2.43 bits per heavy atom. The largest absolute Gasteiger partial charge is 0.457 e. The minimum absolute atomic E-state index is 0.184. The quantitative estimate of drug-likeness (QED) is 0.356. The van der Waals surface area contributed by atoms with E-state index in [0.717, 1.165) is 16.5 Å². The van der Waals surface area contributed by atoms with Gasteiger partial charge in [0.2, 0.25) is 5.71 Å². The summed E-state index contributed by atoms with van der Waals surface area (Å²) in [6.07, 6.45) is 0. The zero-order chi connectivity index (χ0) is 20.5. The number of nitrogens with one attached hydrogen (secondary N) is 1. The monoisotopic (exact) mass is 414 g/mol. The van der Waals surface area contributed by atoms with E-state index in [1.807, 2.05) is 42.5 Å². The van der Waals surface area contributed by atoms with Crippen molar-refractivity contribution in [3.8, 4) is 11.5 Å². The smallest absolute Gasteiger partial charge is 0.291 e. The van der Waals surface area contributed by atoms with Gasteiger partial charge in [-0.1, -0.05) is 35.9 Å². The first-order chi connectivity index (χ1) is 14.6. The van der Waals surface area contributed by atoms with Crippen LogP contribution in [0.3, 0.4) is 0 Å². The minimum Gasteiger partial charge on any atom is -0.457 e. The third kappa shape index (κ3) is 3.71. The summed E-state index contributed by atoms with van der Waals surface area (Å²) < 4.78 is 11.4. The molecule has 0 atom stereocenters. The van der Waals surface area contributed by atoms with E-state index in [1.165, 1.54) is 0 Å². The summed E-state index contributed by atoms with van der Waals surface area (Å²) in [4.78, 5) is 17.1. The van der Waals surface area contributed by atoms with Crippen LogP contribution in [0.4, 0.5) is 5.69 Å². The molecule has 0 aliphatic heterocycles. The van der Waals surface area contributed by atoms with Gasteiger partial charge in [0.25, 0.3) is 5.91 Å². The molecule has 0 fully saturated rings. The number of para-hydroxylation sites is 1. The summed E-state index contributed by atoms with van der Waals surface area (Å²) in [6.45, 7) is 0. The van der Waals surface area contributed by atoms with E-state index in [1.54, 1.807) is 42.5 Å². The van der Waals surface area contributed by atoms with Crippen molar-refractivity contribution in [1.82, 2.24) is 4.98 Å². The van der Waals surface area contributed by atoms with Gasteiger partial charge in [-0.3, -0.25) is 4.79 Å². The number of furan rings is 1. The lowest BCUT2D eigenvalue weighted by atomic mass is 10.2. The lowest BCUT2D eigenvalue weighted by molar-refractivity contribution is 0.0998. The second-order valence-corrected chi connectivity index (χ2v) is 7.16. The highest BCUT2D eigenvalue weighted by Crippen LogP contribution is 2.26. The molecule has 5 rings (SSSR count). The fourth-order valence-corrected chi connectivity index (χ4v) is 3.30. The van der Waals surface area contributed by atoms with Crippen LogP contribution in [0.15, 0.2) is 89.3 Å². The number of hydrogen-bond donors (Lipinski definition) is 1. The van der Waals surface area contributed by atoms with Crippen LogP contribution < -0.4 is 10.1 Å². The first-order valence-corrected chi connectivity index (χ1v) is 9.66.